The normalized spacial score (nSPS) is 19.2. The van der Waals surface area contributed by atoms with E-state index in [0.29, 0.717) is 16.6 Å². The zero-order valence-corrected chi connectivity index (χ0v) is 28.9. The van der Waals surface area contributed by atoms with E-state index in [-0.39, 0.29) is 35.8 Å². The lowest BCUT2D eigenvalue weighted by Crippen LogP contribution is -2.38. The molecule has 6 aromatic rings. The molecule has 1 aliphatic rings. The van der Waals surface area contributed by atoms with Gasteiger partial charge in [-0.05, 0) is 69.1 Å². The number of aromatic nitrogens is 4. The number of phenolic OH excluding ortho intramolecular Hbond substituents is 1. The lowest BCUT2D eigenvalue weighted by Gasteiger charge is -2.43. The van der Waals surface area contributed by atoms with Gasteiger partial charge in [0.2, 0.25) is 15.2 Å². The van der Waals surface area contributed by atoms with Crippen molar-refractivity contribution in [3.63, 3.8) is 0 Å². The third kappa shape index (κ3) is 8.04. The number of nitrogens with zero attached hydrogens (tertiary/aromatic N) is 4. The van der Waals surface area contributed by atoms with Gasteiger partial charge >= 0.3 is 0 Å². The third-order valence-electron chi connectivity index (χ3n) is 8.65. The fraction of sp³-hybridized carbons (Fsp3) is 0.184. The van der Waals surface area contributed by atoms with Crippen LogP contribution >= 0.6 is 11.8 Å². The molecule has 0 spiro atoms. The highest BCUT2D eigenvalue weighted by Crippen LogP contribution is 2.48. The fourth-order valence-corrected chi connectivity index (χ4v) is 7.98. The van der Waals surface area contributed by atoms with Gasteiger partial charge in [-0.1, -0.05) is 109 Å². The molecule has 260 valence electrons. The highest BCUT2D eigenvalue weighted by Gasteiger charge is 2.42. The first kappa shape index (κ1) is 34.6. The summed E-state index contributed by atoms with van der Waals surface area (Å²) >= 11 is 1.45. The SMILES string of the molecule is O=S(=O)(NCc1ccc(C2O[C@H](CSc3nnnn3-c3ccc(O)cc3)[C@@H](c3ccccc3)[C@H](c3ccc(CO)cc3)O2)cc1)c1ccccc1. The lowest BCUT2D eigenvalue weighted by atomic mass is 9.84. The Morgan fingerprint density at radius 3 is 2.08 bits per heavy atom. The number of aromatic hydroxyl groups is 1. The summed E-state index contributed by atoms with van der Waals surface area (Å²) < 4.78 is 43.5. The van der Waals surface area contributed by atoms with Crippen LogP contribution in [0.25, 0.3) is 5.69 Å². The molecular weight excluding hydrogens is 687 g/mol. The van der Waals surface area contributed by atoms with Crippen LogP contribution in [-0.4, -0.2) is 50.7 Å². The monoisotopic (exact) mass is 721 g/mol. The molecule has 1 unspecified atom stereocenters. The Morgan fingerprint density at radius 1 is 0.745 bits per heavy atom. The molecule has 51 heavy (non-hydrogen) atoms. The van der Waals surface area contributed by atoms with Crippen molar-refractivity contribution in [2.75, 3.05) is 5.75 Å². The Bertz CT molecular complexity index is 2130. The molecule has 0 radical (unpaired) electrons. The van der Waals surface area contributed by atoms with E-state index in [9.17, 15) is 18.6 Å². The van der Waals surface area contributed by atoms with Gasteiger partial charge in [-0.2, -0.15) is 4.68 Å². The zero-order chi connectivity index (χ0) is 35.2. The Balaban J connectivity index is 1.18. The Morgan fingerprint density at radius 2 is 1.39 bits per heavy atom. The molecule has 3 N–H and O–H groups in total. The summed E-state index contributed by atoms with van der Waals surface area (Å²) in [5.74, 6) is 0.398. The second-order valence-corrected chi connectivity index (χ2v) is 14.7. The van der Waals surface area contributed by atoms with Crippen LogP contribution in [0.1, 0.15) is 46.1 Å². The van der Waals surface area contributed by atoms with E-state index in [0.717, 1.165) is 27.8 Å². The van der Waals surface area contributed by atoms with Crippen LogP contribution in [0.2, 0.25) is 0 Å². The number of benzene rings is 5. The van der Waals surface area contributed by atoms with E-state index in [1.807, 2.05) is 66.7 Å². The number of sulfonamides is 1. The number of phenols is 1. The molecule has 2 heterocycles. The van der Waals surface area contributed by atoms with Gasteiger partial charge in [0, 0.05) is 23.8 Å². The molecule has 13 heteroatoms. The standard InChI is InChI=1S/C38H35N5O6S2/c44-24-27-13-15-29(16-14-27)36-35(28-7-3-1-4-8-28)34(25-50-38-40-41-42-43(38)31-19-21-32(45)22-20-31)48-37(49-36)30-17-11-26(12-18-30)23-39-51(46,47)33-9-5-2-6-10-33/h1-22,34-37,39,44-45H,23-25H2/t34-,35-,36+,37?/m1/s1. The van der Waals surface area contributed by atoms with Crippen molar-refractivity contribution in [2.24, 2.45) is 0 Å². The summed E-state index contributed by atoms with van der Waals surface area (Å²) in [6, 6.07) is 40.2. The predicted octanol–water partition coefficient (Wildman–Crippen LogP) is 6.07. The van der Waals surface area contributed by atoms with Crippen molar-refractivity contribution < 1.29 is 28.1 Å². The van der Waals surface area contributed by atoms with Crippen molar-refractivity contribution in [2.45, 2.75) is 47.6 Å². The average molecular weight is 722 g/mol. The van der Waals surface area contributed by atoms with Crippen LogP contribution in [0.15, 0.2) is 144 Å². The van der Waals surface area contributed by atoms with E-state index < -0.39 is 22.4 Å². The molecule has 5 aromatic carbocycles. The second-order valence-electron chi connectivity index (χ2n) is 12.0. The van der Waals surface area contributed by atoms with Gasteiger partial charge in [0.05, 0.1) is 29.4 Å². The van der Waals surface area contributed by atoms with Crippen molar-refractivity contribution in [3.8, 4) is 11.4 Å². The topological polar surface area (TPSA) is 149 Å². The maximum atomic E-state index is 12.8. The molecule has 0 saturated carbocycles. The van der Waals surface area contributed by atoms with Crippen LogP contribution in [0.4, 0.5) is 0 Å². The first-order valence-corrected chi connectivity index (χ1v) is 18.7. The molecule has 4 atom stereocenters. The van der Waals surface area contributed by atoms with Gasteiger partial charge in [-0.25, -0.2) is 13.1 Å². The summed E-state index contributed by atoms with van der Waals surface area (Å²) in [4.78, 5) is 0.206. The molecule has 7 rings (SSSR count). The number of ether oxygens (including phenoxy) is 2. The first-order chi connectivity index (χ1) is 24.9. The number of rotatable bonds is 12. The first-order valence-electron chi connectivity index (χ1n) is 16.3. The largest absolute Gasteiger partial charge is 0.508 e. The van der Waals surface area contributed by atoms with Crippen molar-refractivity contribution >= 4 is 21.8 Å². The van der Waals surface area contributed by atoms with Gasteiger partial charge in [-0.3, -0.25) is 0 Å². The Hall–Kier alpha value is -4.89. The summed E-state index contributed by atoms with van der Waals surface area (Å²) in [5.41, 5.74) is 5.03. The van der Waals surface area contributed by atoms with Crippen molar-refractivity contribution in [3.05, 3.63) is 161 Å². The van der Waals surface area contributed by atoms with Crippen LogP contribution in [0.3, 0.4) is 0 Å². The van der Waals surface area contributed by atoms with E-state index in [1.165, 1.54) is 11.8 Å². The predicted molar refractivity (Wildman–Crippen MR) is 191 cm³/mol. The Kier molecular flexibility index (Phi) is 10.5. The lowest BCUT2D eigenvalue weighted by molar-refractivity contribution is -0.255. The van der Waals surface area contributed by atoms with Gasteiger partial charge in [-0.15, -0.1) is 5.10 Å². The highest BCUT2D eigenvalue weighted by atomic mass is 32.2. The van der Waals surface area contributed by atoms with E-state index in [2.05, 4.69) is 32.4 Å². The number of hydrogen-bond donors (Lipinski definition) is 3. The maximum absolute atomic E-state index is 12.8. The quantitative estimate of drug-likeness (QED) is 0.127. The van der Waals surface area contributed by atoms with Crippen LogP contribution in [0.5, 0.6) is 5.75 Å². The number of thioether (sulfide) groups is 1. The van der Waals surface area contributed by atoms with Gasteiger partial charge in [0.1, 0.15) is 5.75 Å². The van der Waals surface area contributed by atoms with Crippen LogP contribution in [-0.2, 0) is 32.6 Å². The number of aliphatic hydroxyl groups excluding tert-OH is 1. The van der Waals surface area contributed by atoms with Crippen LogP contribution in [0, 0.1) is 0 Å². The van der Waals surface area contributed by atoms with Gasteiger partial charge < -0.3 is 19.7 Å². The van der Waals surface area contributed by atoms with Crippen molar-refractivity contribution in [1.82, 2.24) is 24.9 Å². The number of tetrazole rings is 1. The summed E-state index contributed by atoms with van der Waals surface area (Å²) in [7, 11) is -3.66. The smallest absolute Gasteiger partial charge is 0.240 e. The molecule has 1 aromatic heterocycles. The van der Waals surface area contributed by atoms with Gasteiger partial charge in [0.25, 0.3) is 0 Å². The average Bonchev–Trinajstić information content (AvgIpc) is 3.66. The minimum Gasteiger partial charge on any atom is -0.508 e. The number of aliphatic hydroxyl groups is 1. The molecule has 11 nitrogen and oxygen atoms in total. The molecule has 1 aliphatic heterocycles. The van der Waals surface area contributed by atoms with Gasteiger partial charge in [0.15, 0.2) is 6.29 Å². The maximum Gasteiger partial charge on any atom is 0.240 e. The van der Waals surface area contributed by atoms with Crippen molar-refractivity contribution in [1.29, 1.82) is 0 Å². The molecular formula is C38H35N5O6S2. The molecule has 0 bridgehead atoms. The Labute approximate surface area is 299 Å². The van der Waals surface area contributed by atoms with E-state index >= 15 is 0 Å². The summed E-state index contributed by atoms with van der Waals surface area (Å²) in [6.45, 7) is 0.0529. The molecule has 0 amide bonds. The fourth-order valence-electron chi connectivity index (χ4n) is 5.99. The molecule has 1 saturated heterocycles. The van der Waals surface area contributed by atoms with Crippen LogP contribution < -0.4 is 4.72 Å². The summed E-state index contributed by atoms with van der Waals surface area (Å²) in [5, 5.41) is 32.4. The minimum absolute atomic E-state index is 0.0669. The van der Waals surface area contributed by atoms with E-state index in [1.54, 1.807) is 59.3 Å². The summed E-state index contributed by atoms with van der Waals surface area (Å²) in [6.07, 6.45) is -1.54. The molecule has 0 aliphatic carbocycles. The highest BCUT2D eigenvalue weighted by molar-refractivity contribution is 7.99. The third-order valence-corrected chi connectivity index (χ3v) is 11.1. The molecule has 1 fully saturated rings. The number of hydrogen-bond acceptors (Lipinski definition) is 10. The minimum atomic E-state index is -3.66. The zero-order valence-electron chi connectivity index (χ0n) is 27.3. The number of nitrogens with one attached hydrogen (secondary N) is 1. The second kappa shape index (κ2) is 15.6. The van der Waals surface area contributed by atoms with E-state index in [4.69, 9.17) is 9.47 Å².